The number of methoxy groups -OCH3 is 1. The highest BCUT2D eigenvalue weighted by Crippen LogP contribution is 2.29. The predicted octanol–water partition coefficient (Wildman–Crippen LogP) is 3.74. The van der Waals surface area contributed by atoms with Crippen LogP contribution in [0.2, 0.25) is 0 Å². The van der Waals surface area contributed by atoms with E-state index in [0.29, 0.717) is 11.8 Å². The van der Waals surface area contributed by atoms with E-state index >= 15 is 0 Å². The van der Waals surface area contributed by atoms with Gasteiger partial charge in [0.2, 0.25) is 0 Å². The zero-order chi connectivity index (χ0) is 13.5. The van der Waals surface area contributed by atoms with Crippen molar-refractivity contribution in [3.63, 3.8) is 0 Å². The van der Waals surface area contributed by atoms with Crippen LogP contribution in [0.1, 0.15) is 44.2 Å². The molecule has 0 bridgehead atoms. The van der Waals surface area contributed by atoms with E-state index in [0.717, 1.165) is 25.3 Å². The van der Waals surface area contributed by atoms with Crippen molar-refractivity contribution < 1.29 is 4.74 Å². The van der Waals surface area contributed by atoms with Gasteiger partial charge in [0, 0.05) is 0 Å². The van der Waals surface area contributed by atoms with E-state index in [4.69, 9.17) is 4.74 Å². The monoisotopic (exact) mass is 249 g/mol. The van der Waals surface area contributed by atoms with Gasteiger partial charge in [-0.3, -0.25) is 0 Å². The van der Waals surface area contributed by atoms with E-state index in [2.05, 4.69) is 51.2 Å². The van der Waals surface area contributed by atoms with Crippen molar-refractivity contribution in [3.05, 3.63) is 29.3 Å². The Morgan fingerprint density at radius 1 is 1.22 bits per heavy atom. The minimum atomic E-state index is 0.527. The normalized spacial score (nSPS) is 12.8. The average Bonchev–Trinajstić information content (AvgIpc) is 2.34. The molecule has 0 saturated carbocycles. The molecule has 0 aliphatic rings. The third-order valence-electron chi connectivity index (χ3n) is 3.22. The van der Waals surface area contributed by atoms with E-state index in [1.54, 1.807) is 7.11 Å². The summed E-state index contributed by atoms with van der Waals surface area (Å²) in [6.07, 6.45) is 1.15. The Morgan fingerprint density at radius 2 is 1.94 bits per heavy atom. The maximum Gasteiger partial charge on any atom is 0.122 e. The molecule has 18 heavy (non-hydrogen) atoms. The molecular formula is C16H27NO. The molecule has 0 saturated heterocycles. The average molecular weight is 249 g/mol. The van der Waals surface area contributed by atoms with Crippen molar-refractivity contribution in [2.45, 2.75) is 40.0 Å². The van der Waals surface area contributed by atoms with Crippen molar-refractivity contribution >= 4 is 0 Å². The highest BCUT2D eigenvalue weighted by molar-refractivity contribution is 5.39. The summed E-state index contributed by atoms with van der Waals surface area (Å²) in [5, 5.41) is 3.50. The van der Waals surface area contributed by atoms with E-state index in [1.807, 2.05) is 0 Å². The Bertz CT molecular complexity index is 360. The van der Waals surface area contributed by atoms with E-state index in [9.17, 15) is 0 Å². The summed E-state index contributed by atoms with van der Waals surface area (Å²) in [5.41, 5.74) is 2.62. The van der Waals surface area contributed by atoms with E-state index in [-0.39, 0.29) is 0 Å². The quantitative estimate of drug-likeness (QED) is 0.743. The van der Waals surface area contributed by atoms with Crippen LogP contribution in [0.25, 0.3) is 0 Å². The topological polar surface area (TPSA) is 21.3 Å². The Balaban J connectivity index is 2.55. The van der Waals surface area contributed by atoms with Gasteiger partial charge in [-0.2, -0.15) is 0 Å². The SMILES string of the molecule is COc1ccc(C)cc1C(C)CCNCC(C)C. The van der Waals surface area contributed by atoms with E-state index < -0.39 is 0 Å². The molecule has 0 radical (unpaired) electrons. The molecule has 2 heteroatoms. The molecule has 1 aromatic rings. The molecule has 0 fully saturated rings. The van der Waals surface area contributed by atoms with Gasteiger partial charge in [0.1, 0.15) is 5.75 Å². The van der Waals surface area contributed by atoms with Crippen molar-refractivity contribution in [1.29, 1.82) is 0 Å². The zero-order valence-corrected chi connectivity index (χ0v) is 12.4. The van der Waals surface area contributed by atoms with Crippen molar-refractivity contribution in [3.8, 4) is 5.75 Å². The van der Waals surface area contributed by atoms with Crippen LogP contribution in [0.4, 0.5) is 0 Å². The Kier molecular flexibility index (Phi) is 6.20. The predicted molar refractivity (Wildman–Crippen MR) is 78.5 cm³/mol. The molecule has 0 spiro atoms. The lowest BCUT2D eigenvalue weighted by Gasteiger charge is -2.17. The van der Waals surface area contributed by atoms with Gasteiger partial charge in [-0.1, -0.05) is 38.5 Å². The summed E-state index contributed by atoms with van der Waals surface area (Å²) in [6.45, 7) is 11.0. The van der Waals surface area contributed by atoms with Crippen LogP contribution in [-0.2, 0) is 0 Å². The smallest absolute Gasteiger partial charge is 0.122 e. The molecule has 1 aromatic carbocycles. The first kappa shape index (κ1) is 15.0. The number of rotatable bonds is 7. The first-order chi connectivity index (χ1) is 8.54. The van der Waals surface area contributed by atoms with Gasteiger partial charge in [-0.25, -0.2) is 0 Å². The van der Waals surface area contributed by atoms with E-state index in [1.165, 1.54) is 11.1 Å². The molecule has 0 amide bonds. The lowest BCUT2D eigenvalue weighted by atomic mass is 9.95. The molecule has 0 heterocycles. The number of ether oxygens (including phenoxy) is 1. The van der Waals surface area contributed by atoms with Gasteiger partial charge in [0.15, 0.2) is 0 Å². The van der Waals surface area contributed by atoms with Gasteiger partial charge in [-0.15, -0.1) is 0 Å². The third-order valence-corrected chi connectivity index (χ3v) is 3.22. The second kappa shape index (κ2) is 7.42. The van der Waals surface area contributed by atoms with Gasteiger partial charge in [-0.05, 0) is 49.9 Å². The van der Waals surface area contributed by atoms with Gasteiger partial charge >= 0.3 is 0 Å². The standard InChI is InChI=1S/C16H27NO/c1-12(2)11-17-9-8-14(4)15-10-13(3)6-7-16(15)18-5/h6-7,10,12,14,17H,8-9,11H2,1-5H3. The first-order valence-corrected chi connectivity index (χ1v) is 6.89. The molecule has 0 aromatic heterocycles. The summed E-state index contributed by atoms with van der Waals surface area (Å²) >= 11 is 0. The number of hydrogen-bond donors (Lipinski definition) is 1. The van der Waals surface area contributed by atoms with Crippen LogP contribution in [0.15, 0.2) is 18.2 Å². The van der Waals surface area contributed by atoms with Crippen LogP contribution < -0.4 is 10.1 Å². The number of hydrogen-bond acceptors (Lipinski definition) is 2. The Hall–Kier alpha value is -1.02. The van der Waals surface area contributed by atoms with Crippen molar-refractivity contribution in [2.75, 3.05) is 20.2 Å². The number of benzene rings is 1. The molecule has 102 valence electrons. The summed E-state index contributed by atoms with van der Waals surface area (Å²) < 4.78 is 5.45. The molecule has 0 aliphatic carbocycles. The first-order valence-electron chi connectivity index (χ1n) is 6.89. The zero-order valence-electron chi connectivity index (χ0n) is 12.4. The fourth-order valence-corrected chi connectivity index (χ4v) is 2.10. The second-order valence-corrected chi connectivity index (χ2v) is 5.53. The van der Waals surface area contributed by atoms with Gasteiger partial charge < -0.3 is 10.1 Å². The Labute approximate surface area is 112 Å². The van der Waals surface area contributed by atoms with Crippen molar-refractivity contribution in [2.24, 2.45) is 5.92 Å². The highest BCUT2D eigenvalue weighted by Gasteiger charge is 2.11. The molecule has 1 atom stereocenters. The summed E-state index contributed by atoms with van der Waals surface area (Å²) in [5.74, 6) is 2.25. The fraction of sp³-hybridized carbons (Fsp3) is 0.625. The molecule has 1 unspecified atom stereocenters. The minimum absolute atomic E-state index is 0.527. The van der Waals surface area contributed by atoms with Crippen LogP contribution >= 0.6 is 0 Å². The Morgan fingerprint density at radius 3 is 2.56 bits per heavy atom. The van der Waals surface area contributed by atoms with Crippen LogP contribution in [0.3, 0.4) is 0 Å². The number of nitrogens with one attached hydrogen (secondary N) is 1. The van der Waals surface area contributed by atoms with Crippen LogP contribution in [0, 0.1) is 12.8 Å². The molecule has 1 N–H and O–H groups in total. The molecule has 0 aliphatic heterocycles. The number of aryl methyl sites for hydroxylation is 1. The van der Waals surface area contributed by atoms with Crippen LogP contribution in [-0.4, -0.2) is 20.2 Å². The second-order valence-electron chi connectivity index (χ2n) is 5.53. The van der Waals surface area contributed by atoms with Crippen LogP contribution in [0.5, 0.6) is 5.75 Å². The summed E-state index contributed by atoms with van der Waals surface area (Å²) in [6, 6.07) is 6.42. The maximum absolute atomic E-state index is 5.45. The third kappa shape index (κ3) is 4.69. The van der Waals surface area contributed by atoms with Gasteiger partial charge in [0.25, 0.3) is 0 Å². The lowest BCUT2D eigenvalue weighted by Crippen LogP contribution is -2.21. The fourth-order valence-electron chi connectivity index (χ4n) is 2.10. The molecule has 2 nitrogen and oxygen atoms in total. The van der Waals surface area contributed by atoms with Gasteiger partial charge in [0.05, 0.1) is 7.11 Å². The molecular weight excluding hydrogens is 222 g/mol. The summed E-state index contributed by atoms with van der Waals surface area (Å²) in [4.78, 5) is 0. The lowest BCUT2D eigenvalue weighted by molar-refractivity contribution is 0.404. The summed E-state index contributed by atoms with van der Waals surface area (Å²) in [7, 11) is 1.75. The van der Waals surface area contributed by atoms with Crippen molar-refractivity contribution in [1.82, 2.24) is 5.32 Å². The molecule has 1 rings (SSSR count). The largest absolute Gasteiger partial charge is 0.496 e. The highest BCUT2D eigenvalue weighted by atomic mass is 16.5. The minimum Gasteiger partial charge on any atom is -0.496 e. The maximum atomic E-state index is 5.45.